The van der Waals surface area contributed by atoms with Crippen LogP contribution in [-0.4, -0.2) is 30.0 Å². The van der Waals surface area contributed by atoms with Gasteiger partial charge in [-0.2, -0.15) is 0 Å². The summed E-state index contributed by atoms with van der Waals surface area (Å²) >= 11 is 0. The Morgan fingerprint density at radius 1 is 1.04 bits per heavy atom. The van der Waals surface area contributed by atoms with Crippen molar-refractivity contribution in [2.45, 2.75) is 19.1 Å². The largest absolute Gasteiger partial charge is 0.422 e. The van der Waals surface area contributed by atoms with Gasteiger partial charge in [0.05, 0.1) is 12.6 Å². The zero-order valence-corrected chi connectivity index (χ0v) is 14.4. The number of hydrogen-bond acceptors (Lipinski definition) is 4. The summed E-state index contributed by atoms with van der Waals surface area (Å²) in [5, 5.41) is 0.733. The number of benzene rings is 2. The van der Waals surface area contributed by atoms with Crippen molar-refractivity contribution in [1.82, 2.24) is 4.90 Å². The van der Waals surface area contributed by atoms with Crippen LogP contribution >= 0.6 is 0 Å². The van der Waals surface area contributed by atoms with E-state index in [1.807, 2.05) is 49.4 Å². The van der Waals surface area contributed by atoms with Crippen molar-refractivity contribution in [1.29, 1.82) is 0 Å². The van der Waals surface area contributed by atoms with Crippen LogP contribution in [0.5, 0.6) is 0 Å². The molecular formula is C21H19NO4. The first-order valence-electron chi connectivity index (χ1n) is 8.64. The number of ether oxygens (including phenoxy) is 1. The van der Waals surface area contributed by atoms with Gasteiger partial charge in [0, 0.05) is 11.9 Å². The molecule has 0 radical (unpaired) electrons. The highest BCUT2D eigenvalue weighted by Crippen LogP contribution is 2.26. The summed E-state index contributed by atoms with van der Waals surface area (Å²) in [6, 6.07) is 18.6. The van der Waals surface area contributed by atoms with Gasteiger partial charge in [-0.1, -0.05) is 48.5 Å². The molecule has 0 bridgehead atoms. The molecule has 3 aromatic rings. The van der Waals surface area contributed by atoms with Crippen molar-refractivity contribution in [3.05, 3.63) is 82.2 Å². The summed E-state index contributed by atoms with van der Waals surface area (Å²) in [6.07, 6.45) is -0.332. The molecule has 1 aliphatic heterocycles. The maximum absolute atomic E-state index is 13.0. The molecule has 2 heterocycles. The van der Waals surface area contributed by atoms with E-state index < -0.39 is 5.63 Å². The maximum Gasteiger partial charge on any atom is 0.349 e. The van der Waals surface area contributed by atoms with Crippen LogP contribution in [0.15, 0.2) is 69.9 Å². The van der Waals surface area contributed by atoms with E-state index in [9.17, 15) is 9.59 Å². The number of nitrogens with zero attached hydrogens (tertiary/aromatic N) is 1. The fourth-order valence-electron chi connectivity index (χ4n) is 3.35. The van der Waals surface area contributed by atoms with Crippen molar-refractivity contribution in [3.8, 4) is 0 Å². The Morgan fingerprint density at radius 3 is 2.58 bits per heavy atom. The van der Waals surface area contributed by atoms with Crippen molar-refractivity contribution < 1.29 is 13.9 Å². The predicted molar refractivity (Wildman–Crippen MR) is 98.1 cm³/mol. The lowest BCUT2D eigenvalue weighted by Gasteiger charge is -2.37. The molecule has 1 saturated heterocycles. The summed E-state index contributed by atoms with van der Waals surface area (Å²) in [5.41, 5.74) is 0.947. The number of hydrogen-bond donors (Lipinski definition) is 0. The van der Waals surface area contributed by atoms with Gasteiger partial charge in [0.15, 0.2) is 0 Å². The lowest BCUT2D eigenvalue weighted by atomic mass is 10.1. The van der Waals surface area contributed by atoms with E-state index in [1.54, 1.807) is 23.1 Å². The average molecular weight is 349 g/mol. The van der Waals surface area contributed by atoms with Crippen LogP contribution in [0.1, 0.15) is 28.9 Å². The Labute approximate surface area is 150 Å². The molecular weight excluding hydrogens is 330 g/mol. The Bertz CT molecular complexity index is 996. The first kappa shape index (κ1) is 16.5. The van der Waals surface area contributed by atoms with E-state index in [2.05, 4.69) is 0 Å². The van der Waals surface area contributed by atoms with Crippen molar-refractivity contribution >= 4 is 16.9 Å². The first-order chi connectivity index (χ1) is 12.6. The zero-order chi connectivity index (χ0) is 18.1. The molecule has 0 unspecified atom stereocenters. The number of carbonyl (C=O) groups excluding carboxylic acids is 1. The molecule has 0 saturated carbocycles. The number of fused-ring (bicyclic) bond motifs is 1. The highest BCUT2D eigenvalue weighted by atomic mass is 16.5. The third kappa shape index (κ3) is 3.13. The Hall–Kier alpha value is -2.92. The lowest BCUT2D eigenvalue weighted by Crippen LogP contribution is -2.46. The summed E-state index contributed by atoms with van der Waals surface area (Å²) in [4.78, 5) is 27.0. The van der Waals surface area contributed by atoms with Crippen LogP contribution in [0.25, 0.3) is 11.0 Å². The summed E-state index contributed by atoms with van der Waals surface area (Å²) in [6.45, 7) is 2.77. The van der Waals surface area contributed by atoms with Crippen molar-refractivity contribution in [3.63, 3.8) is 0 Å². The minimum Gasteiger partial charge on any atom is -0.422 e. The summed E-state index contributed by atoms with van der Waals surface area (Å²) in [7, 11) is 0. The molecule has 26 heavy (non-hydrogen) atoms. The molecule has 5 nitrogen and oxygen atoms in total. The second-order valence-electron chi connectivity index (χ2n) is 6.54. The van der Waals surface area contributed by atoms with Gasteiger partial charge in [-0.3, -0.25) is 4.79 Å². The third-order valence-corrected chi connectivity index (χ3v) is 4.59. The predicted octanol–water partition coefficient (Wildman–Crippen LogP) is 3.40. The normalized spacial score (nSPS) is 20.3. The molecule has 0 N–H and O–H groups in total. The molecule has 0 spiro atoms. The van der Waals surface area contributed by atoms with E-state index in [0.717, 1.165) is 10.9 Å². The number of morpholine rings is 1. The standard InChI is InChI=1S/C21H19NO4/c1-14-12-22(13-19(25-14)15-7-3-2-4-8-15)20(23)17-11-16-9-5-6-10-18(16)26-21(17)24/h2-11,14,19H,12-13H2,1H3/t14-,19+/m1/s1. The Balaban J connectivity index is 1.65. The number of para-hydroxylation sites is 1. The number of amides is 1. The van der Waals surface area contributed by atoms with Crippen LogP contribution < -0.4 is 5.63 Å². The quantitative estimate of drug-likeness (QED) is 0.666. The van der Waals surface area contributed by atoms with Crippen LogP contribution in [0.4, 0.5) is 0 Å². The van der Waals surface area contributed by atoms with Gasteiger partial charge < -0.3 is 14.1 Å². The van der Waals surface area contributed by atoms with Gasteiger partial charge in [0.1, 0.15) is 17.3 Å². The van der Waals surface area contributed by atoms with Crippen molar-refractivity contribution in [2.75, 3.05) is 13.1 Å². The SMILES string of the molecule is C[C@@H]1CN(C(=O)c2cc3ccccc3oc2=O)C[C@@H](c2ccccc2)O1. The molecule has 5 heteroatoms. The van der Waals surface area contributed by atoms with Gasteiger partial charge in [-0.25, -0.2) is 4.79 Å². The lowest BCUT2D eigenvalue weighted by molar-refractivity contribution is -0.0692. The molecule has 4 rings (SSSR count). The average Bonchev–Trinajstić information content (AvgIpc) is 2.67. The highest BCUT2D eigenvalue weighted by molar-refractivity contribution is 5.96. The molecule has 1 aromatic heterocycles. The first-order valence-corrected chi connectivity index (χ1v) is 8.64. The van der Waals surface area contributed by atoms with E-state index in [-0.39, 0.29) is 23.7 Å². The van der Waals surface area contributed by atoms with Gasteiger partial charge in [-0.15, -0.1) is 0 Å². The zero-order valence-electron chi connectivity index (χ0n) is 14.4. The summed E-state index contributed by atoms with van der Waals surface area (Å²) < 4.78 is 11.3. The summed E-state index contributed by atoms with van der Waals surface area (Å²) in [5.74, 6) is -0.319. The van der Waals surface area contributed by atoms with Crippen LogP contribution in [0.3, 0.4) is 0 Å². The topological polar surface area (TPSA) is 59.8 Å². The van der Waals surface area contributed by atoms with Gasteiger partial charge in [-0.05, 0) is 24.6 Å². The van der Waals surface area contributed by atoms with Gasteiger partial charge in [0.25, 0.3) is 5.91 Å². The van der Waals surface area contributed by atoms with E-state index in [4.69, 9.17) is 9.15 Å². The number of rotatable bonds is 2. The minimum absolute atomic E-state index is 0.0598. The highest BCUT2D eigenvalue weighted by Gasteiger charge is 2.31. The Kier molecular flexibility index (Phi) is 4.31. The number of carbonyl (C=O) groups is 1. The minimum atomic E-state index is -0.607. The maximum atomic E-state index is 13.0. The molecule has 2 atom stereocenters. The third-order valence-electron chi connectivity index (χ3n) is 4.59. The van der Waals surface area contributed by atoms with E-state index >= 15 is 0 Å². The van der Waals surface area contributed by atoms with Crippen LogP contribution in [0.2, 0.25) is 0 Å². The van der Waals surface area contributed by atoms with Crippen LogP contribution in [0, 0.1) is 0 Å². The molecule has 1 amide bonds. The molecule has 132 valence electrons. The molecule has 1 aliphatic rings. The smallest absolute Gasteiger partial charge is 0.349 e. The van der Waals surface area contributed by atoms with Gasteiger partial charge >= 0.3 is 5.63 Å². The molecule has 0 aliphatic carbocycles. The van der Waals surface area contributed by atoms with Crippen LogP contribution in [-0.2, 0) is 4.74 Å². The van der Waals surface area contributed by atoms with Gasteiger partial charge in [0.2, 0.25) is 0 Å². The fourth-order valence-corrected chi connectivity index (χ4v) is 3.35. The molecule has 1 fully saturated rings. The Morgan fingerprint density at radius 2 is 1.77 bits per heavy atom. The van der Waals surface area contributed by atoms with E-state index in [0.29, 0.717) is 18.7 Å². The van der Waals surface area contributed by atoms with E-state index in [1.165, 1.54) is 0 Å². The second-order valence-corrected chi connectivity index (χ2v) is 6.54. The fraction of sp³-hybridized carbons (Fsp3) is 0.238. The van der Waals surface area contributed by atoms with Crippen molar-refractivity contribution in [2.24, 2.45) is 0 Å². The second kappa shape index (κ2) is 6.77. The monoisotopic (exact) mass is 349 g/mol. The molecule has 2 aromatic carbocycles.